The van der Waals surface area contributed by atoms with Crippen molar-refractivity contribution in [2.75, 3.05) is 40.3 Å². The van der Waals surface area contributed by atoms with E-state index in [1.54, 1.807) is 0 Å². The van der Waals surface area contributed by atoms with E-state index >= 15 is 0 Å². The normalized spacial score (nSPS) is 22.5. The Morgan fingerprint density at radius 2 is 2.16 bits per heavy atom. The number of hydrogen-bond donors (Lipinski definition) is 2. The second-order valence-electron chi connectivity index (χ2n) is 6.20. The number of carbonyl (C=O) groups is 1. The summed E-state index contributed by atoms with van der Waals surface area (Å²) in [6.07, 6.45) is 2.86. The molecule has 1 atom stereocenters. The van der Waals surface area contributed by atoms with Gasteiger partial charge in [-0.2, -0.15) is 0 Å². The molecule has 5 nitrogen and oxygen atoms in total. The SMILES string of the molecule is CN(C)CCCNCC(=O)NC1CCOC(C)(C)C1. The first-order chi connectivity index (χ1) is 8.89. The topological polar surface area (TPSA) is 53.6 Å². The third-order valence-corrected chi connectivity index (χ3v) is 3.31. The number of amides is 1. The molecule has 0 spiro atoms. The number of nitrogens with one attached hydrogen (secondary N) is 2. The minimum atomic E-state index is -0.116. The highest BCUT2D eigenvalue weighted by Gasteiger charge is 2.29. The highest BCUT2D eigenvalue weighted by Crippen LogP contribution is 2.23. The van der Waals surface area contributed by atoms with E-state index < -0.39 is 0 Å². The van der Waals surface area contributed by atoms with Crippen molar-refractivity contribution in [3.8, 4) is 0 Å². The minimum Gasteiger partial charge on any atom is -0.375 e. The summed E-state index contributed by atoms with van der Waals surface area (Å²) >= 11 is 0. The molecule has 1 fully saturated rings. The van der Waals surface area contributed by atoms with Crippen LogP contribution < -0.4 is 10.6 Å². The van der Waals surface area contributed by atoms with Gasteiger partial charge in [0.1, 0.15) is 0 Å². The van der Waals surface area contributed by atoms with Crippen LogP contribution in [0.25, 0.3) is 0 Å². The van der Waals surface area contributed by atoms with Crippen LogP contribution in [-0.4, -0.2) is 62.8 Å². The summed E-state index contributed by atoms with van der Waals surface area (Å²) in [4.78, 5) is 13.9. The monoisotopic (exact) mass is 271 g/mol. The van der Waals surface area contributed by atoms with Crippen LogP contribution in [0, 0.1) is 0 Å². The molecule has 1 amide bonds. The number of ether oxygens (including phenoxy) is 1. The molecule has 1 aliphatic heterocycles. The Kier molecular flexibility index (Phi) is 6.75. The fraction of sp³-hybridized carbons (Fsp3) is 0.929. The Morgan fingerprint density at radius 1 is 1.42 bits per heavy atom. The zero-order valence-corrected chi connectivity index (χ0v) is 12.8. The fourth-order valence-corrected chi connectivity index (χ4v) is 2.36. The summed E-state index contributed by atoms with van der Waals surface area (Å²) in [6.45, 7) is 7.21. The summed E-state index contributed by atoms with van der Waals surface area (Å²) in [5.41, 5.74) is -0.116. The standard InChI is InChI=1S/C14H29N3O2/c1-14(2)10-12(6-9-19-14)16-13(18)11-15-7-5-8-17(3)4/h12,15H,5-11H2,1-4H3,(H,16,18). The van der Waals surface area contributed by atoms with Gasteiger partial charge in [-0.3, -0.25) is 4.79 Å². The van der Waals surface area contributed by atoms with E-state index in [1.807, 2.05) is 0 Å². The summed E-state index contributed by atoms with van der Waals surface area (Å²) < 4.78 is 5.64. The number of carbonyl (C=O) groups excluding carboxylic acids is 1. The van der Waals surface area contributed by atoms with Crippen LogP contribution >= 0.6 is 0 Å². The van der Waals surface area contributed by atoms with Crippen molar-refractivity contribution >= 4 is 5.91 Å². The van der Waals surface area contributed by atoms with Crippen LogP contribution in [0.2, 0.25) is 0 Å². The van der Waals surface area contributed by atoms with Crippen molar-refractivity contribution in [3.05, 3.63) is 0 Å². The van der Waals surface area contributed by atoms with Crippen molar-refractivity contribution in [1.82, 2.24) is 15.5 Å². The molecular weight excluding hydrogens is 242 g/mol. The smallest absolute Gasteiger partial charge is 0.234 e. The zero-order chi connectivity index (χ0) is 14.3. The number of nitrogens with zero attached hydrogens (tertiary/aromatic N) is 1. The maximum absolute atomic E-state index is 11.8. The molecule has 1 saturated heterocycles. The Morgan fingerprint density at radius 3 is 2.79 bits per heavy atom. The third-order valence-electron chi connectivity index (χ3n) is 3.31. The first kappa shape index (κ1) is 16.4. The summed E-state index contributed by atoms with van der Waals surface area (Å²) in [6, 6.07) is 0.250. The van der Waals surface area contributed by atoms with E-state index in [9.17, 15) is 4.79 Å². The van der Waals surface area contributed by atoms with Crippen molar-refractivity contribution in [3.63, 3.8) is 0 Å². The molecule has 0 aromatic rings. The first-order valence-corrected chi connectivity index (χ1v) is 7.18. The van der Waals surface area contributed by atoms with Gasteiger partial charge in [-0.1, -0.05) is 0 Å². The molecule has 1 rings (SSSR count). The number of hydrogen-bond acceptors (Lipinski definition) is 4. The molecule has 0 saturated carbocycles. The van der Waals surface area contributed by atoms with E-state index in [0.29, 0.717) is 6.54 Å². The van der Waals surface area contributed by atoms with Crippen LogP contribution in [0.5, 0.6) is 0 Å². The lowest BCUT2D eigenvalue weighted by Crippen LogP contribution is -2.48. The lowest BCUT2D eigenvalue weighted by Gasteiger charge is -2.35. The second kappa shape index (κ2) is 7.82. The van der Waals surface area contributed by atoms with Gasteiger partial charge in [0.2, 0.25) is 5.91 Å². The maximum Gasteiger partial charge on any atom is 0.234 e. The zero-order valence-electron chi connectivity index (χ0n) is 12.8. The predicted octanol–water partition coefficient (Wildman–Crippen LogP) is 0.602. The van der Waals surface area contributed by atoms with Crippen molar-refractivity contribution in [2.45, 2.75) is 44.8 Å². The van der Waals surface area contributed by atoms with Gasteiger partial charge in [0.05, 0.1) is 12.1 Å². The third kappa shape index (κ3) is 7.50. The molecule has 0 aliphatic carbocycles. The van der Waals surface area contributed by atoms with Crippen molar-refractivity contribution in [1.29, 1.82) is 0 Å². The Labute approximate surface area is 117 Å². The summed E-state index contributed by atoms with van der Waals surface area (Å²) in [5.74, 6) is 0.0903. The van der Waals surface area contributed by atoms with Gasteiger partial charge in [-0.25, -0.2) is 0 Å². The fourth-order valence-electron chi connectivity index (χ4n) is 2.36. The number of rotatable bonds is 7. The molecule has 5 heteroatoms. The Balaban J connectivity index is 2.10. The molecule has 1 unspecified atom stereocenters. The van der Waals surface area contributed by atoms with Gasteiger partial charge in [-0.15, -0.1) is 0 Å². The van der Waals surface area contributed by atoms with E-state index in [-0.39, 0.29) is 17.6 Å². The molecule has 0 radical (unpaired) electrons. The Hall–Kier alpha value is -0.650. The van der Waals surface area contributed by atoms with Gasteiger partial charge in [0.15, 0.2) is 0 Å². The molecule has 0 bridgehead atoms. The molecule has 2 N–H and O–H groups in total. The van der Waals surface area contributed by atoms with Gasteiger partial charge in [-0.05, 0) is 60.3 Å². The average molecular weight is 271 g/mol. The van der Waals surface area contributed by atoms with Crippen LogP contribution in [0.1, 0.15) is 33.1 Å². The first-order valence-electron chi connectivity index (χ1n) is 7.18. The van der Waals surface area contributed by atoms with Crippen molar-refractivity contribution < 1.29 is 9.53 Å². The van der Waals surface area contributed by atoms with E-state index in [1.165, 1.54) is 0 Å². The summed E-state index contributed by atoms with van der Waals surface area (Å²) in [7, 11) is 4.11. The molecule has 19 heavy (non-hydrogen) atoms. The highest BCUT2D eigenvalue weighted by molar-refractivity contribution is 5.78. The van der Waals surface area contributed by atoms with Crippen LogP contribution in [0.4, 0.5) is 0 Å². The molecule has 0 aromatic carbocycles. The molecule has 112 valence electrons. The van der Waals surface area contributed by atoms with E-state index in [2.05, 4.69) is 43.5 Å². The van der Waals surface area contributed by atoms with Crippen LogP contribution in [-0.2, 0) is 9.53 Å². The minimum absolute atomic E-state index is 0.0903. The second-order valence-corrected chi connectivity index (χ2v) is 6.20. The lowest BCUT2D eigenvalue weighted by atomic mass is 9.94. The van der Waals surface area contributed by atoms with E-state index in [4.69, 9.17) is 4.74 Å². The van der Waals surface area contributed by atoms with Crippen molar-refractivity contribution in [2.24, 2.45) is 0 Å². The van der Waals surface area contributed by atoms with Gasteiger partial charge in [0.25, 0.3) is 0 Å². The van der Waals surface area contributed by atoms with E-state index in [0.717, 1.165) is 39.0 Å². The quantitative estimate of drug-likeness (QED) is 0.666. The molecular formula is C14H29N3O2. The Bertz CT molecular complexity index is 280. The van der Waals surface area contributed by atoms with Gasteiger partial charge < -0.3 is 20.3 Å². The molecule has 1 heterocycles. The van der Waals surface area contributed by atoms with Crippen LogP contribution in [0.15, 0.2) is 0 Å². The van der Waals surface area contributed by atoms with Gasteiger partial charge >= 0.3 is 0 Å². The molecule has 0 aromatic heterocycles. The molecule has 1 aliphatic rings. The highest BCUT2D eigenvalue weighted by atomic mass is 16.5. The maximum atomic E-state index is 11.8. The van der Waals surface area contributed by atoms with Crippen LogP contribution in [0.3, 0.4) is 0 Å². The average Bonchev–Trinajstić information content (AvgIpc) is 2.26. The summed E-state index contributed by atoms with van der Waals surface area (Å²) in [5, 5.41) is 6.26. The largest absolute Gasteiger partial charge is 0.375 e. The van der Waals surface area contributed by atoms with Gasteiger partial charge in [0, 0.05) is 12.6 Å². The predicted molar refractivity (Wildman–Crippen MR) is 77.2 cm³/mol. The lowest BCUT2D eigenvalue weighted by molar-refractivity contribution is -0.123.